The summed E-state index contributed by atoms with van der Waals surface area (Å²) in [5.74, 6) is 0.231. The van der Waals surface area contributed by atoms with Crippen molar-refractivity contribution in [3.63, 3.8) is 0 Å². The summed E-state index contributed by atoms with van der Waals surface area (Å²) in [6.07, 6.45) is 6.21. The second-order valence-electron chi connectivity index (χ2n) is 4.12. The highest BCUT2D eigenvalue weighted by atomic mass is 16.1. The molecule has 0 saturated heterocycles. The molecule has 2 nitrogen and oxygen atoms in total. The molecule has 0 bridgehead atoms. The number of aldehydes is 1. The minimum atomic E-state index is 0.231. The van der Waals surface area contributed by atoms with Gasteiger partial charge in [-0.15, -0.1) is 0 Å². The highest BCUT2D eigenvalue weighted by Crippen LogP contribution is 2.24. The Morgan fingerprint density at radius 1 is 1.54 bits per heavy atom. The number of carbonyl (C=O) groups is 1. The summed E-state index contributed by atoms with van der Waals surface area (Å²) in [5.41, 5.74) is 0. The van der Waals surface area contributed by atoms with Crippen molar-refractivity contribution >= 4 is 6.29 Å². The Kier molecular flexibility index (Phi) is 4.43. The Balaban J connectivity index is 2.18. The number of rotatable bonds is 6. The van der Waals surface area contributed by atoms with Crippen molar-refractivity contribution in [1.29, 1.82) is 0 Å². The van der Waals surface area contributed by atoms with Crippen LogP contribution in [0.5, 0.6) is 0 Å². The van der Waals surface area contributed by atoms with Crippen LogP contribution in [-0.4, -0.2) is 30.3 Å². The van der Waals surface area contributed by atoms with E-state index in [4.69, 9.17) is 0 Å². The molecule has 0 aromatic carbocycles. The smallest absolute Gasteiger partial charge is 0.122 e. The van der Waals surface area contributed by atoms with Gasteiger partial charge < -0.3 is 9.69 Å². The van der Waals surface area contributed by atoms with Crippen LogP contribution >= 0.6 is 0 Å². The first-order valence-corrected chi connectivity index (χ1v) is 5.47. The third kappa shape index (κ3) is 3.11. The maximum absolute atomic E-state index is 10.4. The van der Waals surface area contributed by atoms with Crippen LogP contribution in [0, 0.1) is 5.92 Å². The van der Waals surface area contributed by atoms with Gasteiger partial charge in [-0.1, -0.05) is 20.3 Å². The minimum Gasteiger partial charge on any atom is -0.303 e. The van der Waals surface area contributed by atoms with Gasteiger partial charge in [-0.3, -0.25) is 0 Å². The molecule has 1 saturated carbocycles. The Labute approximate surface area is 81.3 Å². The highest BCUT2D eigenvalue weighted by Gasteiger charge is 2.23. The monoisotopic (exact) mass is 183 g/mol. The number of carbonyl (C=O) groups excluding carboxylic acids is 1. The van der Waals surface area contributed by atoms with Crippen LogP contribution < -0.4 is 0 Å². The Morgan fingerprint density at radius 3 is 2.62 bits per heavy atom. The summed E-state index contributed by atoms with van der Waals surface area (Å²) in [4.78, 5) is 13.0. The van der Waals surface area contributed by atoms with Gasteiger partial charge in [-0.25, -0.2) is 0 Å². The average Bonchev–Trinajstić information content (AvgIpc) is 2.08. The van der Waals surface area contributed by atoms with Crippen LogP contribution in [-0.2, 0) is 4.79 Å². The topological polar surface area (TPSA) is 20.3 Å². The summed E-state index contributed by atoms with van der Waals surface area (Å²) in [5, 5.41) is 0. The molecule has 0 amide bonds. The third-order valence-corrected chi connectivity index (χ3v) is 3.10. The summed E-state index contributed by atoms with van der Waals surface area (Å²) in [6, 6.07) is 0.823. The van der Waals surface area contributed by atoms with Gasteiger partial charge in [0.1, 0.15) is 6.29 Å². The van der Waals surface area contributed by atoms with Crippen molar-refractivity contribution in [2.45, 2.75) is 45.6 Å². The van der Waals surface area contributed by atoms with E-state index in [1.807, 2.05) is 6.92 Å². The van der Waals surface area contributed by atoms with Gasteiger partial charge in [0.2, 0.25) is 0 Å². The molecule has 1 aliphatic rings. The minimum absolute atomic E-state index is 0.231. The van der Waals surface area contributed by atoms with E-state index in [1.165, 1.54) is 19.3 Å². The standard InChI is InChI=1S/C11H21NO/c1-3-12(11-5-4-6-11)8-7-10(2)9-13/h9-11H,3-8H2,1-2H3. The number of hydrogen-bond acceptors (Lipinski definition) is 2. The van der Waals surface area contributed by atoms with Crippen molar-refractivity contribution in [2.24, 2.45) is 5.92 Å². The molecule has 1 atom stereocenters. The lowest BCUT2D eigenvalue weighted by molar-refractivity contribution is -0.111. The van der Waals surface area contributed by atoms with Gasteiger partial charge in [0.05, 0.1) is 0 Å². The van der Waals surface area contributed by atoms with E-state index in [0.717, 1.165) is 31.8 Å². The van der Waals surface area contributed by atoms with Gasteiger partial charge in [0.15, 0.2) is 0 Å². The lowest BCUT2D eigenvalue weighted by atomic mass is 9.91. The molecule has 0 radical (unpaired) electrons. The van der Waals surface area contributed by atoms with E-state index >= 15 is 0 Å². The predicted octanol–water partition coefficient (Wildman–Crippen LogP) is 2.09. The van der Waals surface area contributed by atoms with Crippen molar-refractivity contribution in [2.75, 3.05) is 13.1 Å². The first-order chi connectivity index (χ1) is 6.27. The van der Waals surface area contributed by atoms with E-state index in [9.17, 15) is 4.79 Å². The molecule has 1 aliphatic carbocycles. The second-order valence-corrected chi connectivity index (χ2v) is 4.12. The van der Waals surface area contributed by atoms with Gasteiger partial charge in [0, 0.05) is 12.0 Å². The van der Waals surface area contributed by atoms with Gasteiger partial charge in [0.25, 0.3) is 0 Å². The molecule has 0 aromatic rings. The SMILES string of the molecule is CCN(CCC(C)C=O)C1CCC1. The van der Waals surface area contributed by atoms with Crippen molar-refractivity contribution < 1.29 is 4.79 Å². The zero-order valence-corrected chi connectivity index (χ0v) is 8.83. The summed E-state index contributed by atoms with van der Waals surface area (Å²) in [6.45, 7) is 6.45. The maximum atomic E-state index is 10.4. The Morgan fingerprint density at radius 2 is 2.23 bits per heavy atom. The van der Waals surface area contributed by atoms with Crippen LogP contribution in [0.2, 0.25) is 0 Å². The van der Waals surface area contributed by atoms with Crippen LogP contribution in [0.25, 0.3) is 0 Å². The quantitative estimate of drug-likeness (QED) is 0.588. The fraction of sp³-hybridized carbons (Fsp3) is 0.909. The third-order valence-electron chi connectivity index (χ3n) is 3.10. The fourth-order valence-corrected chi connectivity index (χ4v) is 1.79. The summed E-state index contributed by atoms with van der Waals surface area (Å²) < 4.78 is 0. The molecular formula is C11H21NO. The first kappa shape index (κ1) is 10.7. The van der Waals surface area contributed by atoms with E-state index < -0.39 is 0 Å². The number of nitrogens with zero attached hydrogens (tertiary/aromatic N) is 1. The van der Waals surface area contributed by atoms with Crippen LogP contribution in [0.4, 0.5) is 0 Å². The van der Waals surface area contributed by atoms with Gasteiger partial charge in [-0.05, 0) is 32.4 Å². The average molecular weight is 183 g/mol. The lowest BCUT2D eigenvalue weighted by Crippen LogP contribution is -2.40. The van der Waals surface area contributed by atoms with Gasteiger partial charge in [-0.2, -0.15) is 0 Å². The van der Waals surface area contributed by atoms with Gasteiger partial charge >= 0.3 is 0 Å². The van der Waals surface area contributed by atoms with Crippen molar-refractivity contribution in [3.05, 3.63) is 0 Å². The summed E-state index contributed by atoms with van der Waals surface area (Å²) >= 11 is 0. The van der Waals surface area contributed by atoms with Crippen LogP contribution in [0.3, 0.4) is 0 Å². The van der Waals surface area contributed by atoms with Crippen LogP contribution in [0.15, 0.2) is 0 Å². The molecule has 0 N–H and O–H groups in total. The highest BCUT2D eigenvalue weighted by molar-refractivity contribution is 5.52. The zero-order chi connectivity index (χ0) is 9.68. The van der Waals surface area contributed by atoms with Crippen LogP contribution in [0.1, 0.15) is 39.5 Å². The molecule has 13 heavy (non-hydrogen) atoms. The van der Waals surface area contributed by atoms with Crippen molar-refractivity contribution in [3.8, 4) is 0 Å². The van der Waals surface area contributed by atoms with E-state index in [1.54, 1.807) is 0 Å². The molecular weight excluding hydrogens is 162 g/mol. The van der Waals surface area contributed by atoms with E-state index in [2.05, 4.69) is 11.8 Å². The molecule has 0 spiro atoms. The molecule has 1 fully saturated rings. The lowest BCUT2D eigenvalue weighted by Gasteiger charge is -2.37. The Bertz CT molecular complexity index is 154. The predicted molar refractivity (Wildman–Crippen MR) is 54.7 cm³/mol. The normalized spacial score (nSPS) is 19.9. The molecule has 76 valence electrons. The largest absolute Gasteiger partial charge is 0.303 e. The molecule has 0 aliphatic heterocycles. The molecule has 0 aromatic heterocycles. The Hall–Kier alpha value is -0.370. The molecule has 2 heteroatoms. The first-order valence-electron chi connectivity index (χ1n) is 5.47. The molecule has 1 unspecified atom stereocenters. The summed E-state index contributed by atoms with van der Waals surface area (Å²) in [7, 11) is 0. The molecule has 0 heterocycles. The zero-order valence-electron chi connectivity index (χ0n) is 8.83. The van der Waals surface area contributed by atoms with E-state index in [0.29, 0.717) is 0 Å². The van der Waals surface area contributed by atoms with Crippen molar-refractivity contribution in [1.82, 2.24) is 4.90 Å². The maximum Gasteiger partial charge on any atom is 0.122 e. The molecule has 1 rings (SSSR count). The van der Waals surface area contributed by atoms with E-state index in [-0.39, 0.29) is 5.92 Å². The fourth-order valence-electron chi connectivity index (χ4n) is 1.79. The second kappa shape index (κ2) is 5.38. The number of hydrogen-bond donors (Lipinski definition) is 0.